The maximum absolute atomic E-state index is 12.6. The second-order valence-electron chi connectivity index (χ2n) is 4.48. The van der Waals surface area contributed by atoms with E-state index in [0.717, 1.165) is 37.8 Å². The second kappa shape index (κ2) is 7.47. The molecule has 0 aromatic heterocycles. The fraction of sp³-hybridized carbons (Fsp3) is 0.500. The zero-order chi connectivity index (χ0) is 15.2. The first-order valence-electron chi connectivity index (χ1n) is 6.50. The minimum absolute atomic E-state index is 0.0975. The van der Waals surface area contributed by atoms with Gasteiger partial charge >= 0.3 is 6.18 Å². The van der Waals surface area contributed by atoms with Crippen molar-refractivity contribution in [1.29, 1.82) is 0 Å². The van der Waals surface area contributed by atoms with Crippen molar-refractivity contribution < 1.29 is 17.9 Å². The molecule has 0 aliphatic rings. The zero-order valence-corrected chi connectivity index (χ0v) is 12.1. The molecular formula is C14H18F3NOS. The number of thiocarbonyl (C=S) groups is 1. The van der Waals surface area contributed by atoms with Crippen LogP contribution < -0.4 is 10.5 Å². The first kappa shape index (κ1) is 16.8. The summed E-state index contributed by atoms with van der Waals surface area (Å²) in [5, 5.41) is 0. The molecule has 0 radical (unpaired) electrons. The molecule has 0 unspecified atom stereocenters. The molecule has 0 bridgehead atoms. The van der Waals surface area contributed by atoms with Gasteiger partial charge in [-0.1, -0.05) is 38.4 Å². The quantitative estimate of drug-likeness (QED) is 0.602. The molecule has 20 heavy (non-hydrogen) atoms. The summed E-state index contributed by atoms with van der Waals surface area (Å²) >= 11 is 4.78. The van der Waals surface area contributed by atoms with Gasteiger partial charge in [0, 0.05) is 0 Å². The third-order valence-electron chi connectivity index (χ3n) is 2.83. The fourth-order valence-corrected chi connectivity index (χ4v) is 1.90. The highest BCUT2D eigenvalue weighted by molar-refractivity contribution is 7.80. The number of benzene rings is 1. The monoisotopic (exact) mass is 305 g/mol. The van der Waals surface area contributed by atoms with Crippen LogP contribution in [0, 0.1) is 0 Å². The van der Waals surface area contributed by atoms with Gasteiger partial charge in [-0.25, -0.2) is 0 Å². The molecule has 0 spiro atoms. The van der Waals surface area contributed by atoms with E-state index in [-0.39, 0.29) is 10.6 Å². The molecule has 0 fully saturated rings. The number of hydrogen-bond acceptors (Lipinski definition) is 2. The Balaban J connectivity index is 2.78. The standard InChI is InChI=1S/C14H18F3NOS/c1-2-3-4-5-8-19-12-7-6-10(14(15,16)17)9-11(12)13(18)20/h6-7,9H,2-5,8H2,1H3,(H2,18,20). The van der Waals surface area contributed by atoms with E-state index in [2.05, 4.69) is 6.92 Å². The molecule has 2 N–H and O–H groups in total. The topological polar surface area (TPSA) is 35.2 Å². The highest BCUT2D eigenvalue weighted by atomic mass is 32.1. The van der Waals surface area contributed by atoms with Gasteiger partial charge in [-0.2, -0.15) is 13.2 Å². The Morgan fingerprint density at radius 3 is 2.50 bits per heavy atom. The minimum Gasteiger partial charge on any atom is -0.493 e. The van der Waals surface area contributed by atoms with Crippen molar-refractivity contribution in [3.8, 4) is 5.75 Å². The molecule has 1 rings (SSSR count). The van der Waals surface area contributed by atoms with E-state index in [0.29, 0.717) is 12.4 Å². The maximum Gasteiger partial charge on any atom is 0.416 e. The van der Waals surface area contributed by atoms with Gasteiger partial charge in [0.15, 0.2) is 0 Å². The van der Waals surface area contributed by atoms with Crippen LogP contribution >= 0.6 is 12.2 Å². The van der Waals surface area contributed by atoms with Gasteiger partial charge in [-0.3, -0.25) is 0 Å². The maximum atomic E-state index is 12.6. The molecule has 0 atom stereocenters. The van der Waals surface area contributed by atoms with Gasteiger partial charge in [0.2, 0.25) is 0 Å². The van der Waals surface area contributed by atoms with Gasteiger partial charge in [0.1, 0.15) is 10.7 Å². The summed E-state index contributed by atoms with van der Waals surface area (Å²) in [7, 11) is 0. The number of hydrogen-bond donors (Lipinski definition) is 1. The van der Waals surface area contributed by atoms with E-state index in [1.807, 2.05) is 0 Å². The average Bonchev–Trinajstić information content (AvgIpc) is 2.37. The molecule has 1 aromatic rings. The van der Waals surface area contributed by atoms with Crippen LogP contribution in [-0.2, 0) is 6.18 Å². The molecule has 0 amide bonds. The third-order valence-corrected chi connectivity index (χ3v) is 3.05. The molecule has 0 aliphatic carbocycles. The van der Waals surface area contributed by atoms with Crippen LogP contribution in [0.3, 0.4) is 0 Å². The third kappa shape index (κ3) is 5.00. The number of nitrogens with two attached hydrogens (primary N) is 1. The molecule has 1 aromatic carbocycles. The van der Waals surface area contributed by atoms with Crippen molar-refractivity contribution in [2.24, 2.45) is 5.73 Å². The van der Waals surface area contributed by atoms with Crippen LogP contribution in [0.25, 0.3) is 0 Å². The number of unbranched alkanes of at least 4 members (excludes halogenated alkanes) is 3. The number of rotatable bonds is 7. The first-order valence-corrected chi connectivity index (χ1v) is 6.91. The molecule has 0 saturated carbocycles. The lowest BCUT2D eigenvalue weighted by Crippen LogP contribution is -2.14. The van der Waals surface area contributed by atoms with Crippen molar-refractivity contribution in [3.63, 3.8) is 0 Å². The number of halogens is 3. The van der Waals surface area contributed by atoms with Crippen molar-refractivity contribution in [1.82, 2.24) is 0 Å². The minimum atomic E-state index is -4.42. The normalized spacial score (nSPS) is 11.4. The Morgan fingerprint density at radius 1 is 1.25 bits per heavy atom. The Morgan fingerprint density at radius 2 is 1.95 bits per heavy atom. The molecule has 0 heterocycles. The summed E-state index contributed by atoms with van der Waals surface area (Å²) in [5.41, 5.74) is 4.81. The van der Waals surface area contributed by atoms with Gasteiger partial charge in [0.25, 0.3) is 0 Å². The predicted molar refractivity (Wildman–Crippen MR) is 77.0 cm³/mol. The lowest BCUT2D eigenvalue weighted by molar-refractivity contribution is -0.137. The lowest BCUT2D eigenvalue weighted by atomic mass is 10.1. The predicted octanol–water partition coefficient (Wildman–Crippen LogP) is 4.30. The van der Waals surface area contributed by atoms with Crippen molar-refractivity contribution in [2.45, 2.75) is 38.8 Å². The average molecular weight is 305 g/mol. The summed E-state index contributed by atoms with van der Waals surface area (Å²) < 4.78 is 43.4. The van der Waals surface area contributed by atoms with E-state index < -0.39 is 11.7 Å². The lowest BCUT2D eigenvalue weighted by Gasteiger charge is -2.13. The number of ether oxygens (including phenoxy) is 1. The van der Waals surface area contributed by atoms with Crippen LogP contribution in [0.4, 0.5) is 13.2 Å². The van der Waals surface area contributed by atoms with Gasteiger partial charge in [-0.05, 0) is 24.6 Å². The van der Waals surface area contributed by atoms with E-state index in [1.54, 1.807) is 0 Å². The molecule has 2 nitrogen and oxygen atoms in total. The fourth-order valence-electron chi connectivity index (χ4n) is 1.74. The van der Waals surface area contributed by atoms with Gasteiger partial charge < -0.3 is 10.5 Å². The summed E-state index contributed by atoms with van der Waals surface area (Å²) in [6, 6.07) is 3.18. The van der Waals surface area contributed by atoms with E-state index >= 15 is 0 Å². The Hall–Kier alpha value is -1.30. The van der Waals surface area contributed by atoms with Crippen LogP contribution in [0.2, 0.25) is 0 Å². The smallest absolute Gasteiger partial charge is 0.416 e. The second-order valence-corrected chi connectivity index (χ2v) is 4.92. The Kier molecular flexibility index (Phi) is 6.26. The van der Waals surface area contributed by atoms with Crippen LogP contribution in [0.5, 0.6) is 5.75 Å². The summed E-state index contributed by atoms with van der Waals surface area (Å²) in [6.45, 7) is 2.54. The summed E-state index contributed by atoms with van der Waals surface area (Å²) in [6.07, 6.45) is -0.318. The van der Waals surface area contributed by atoms with Crippen molar-refractivity contribution in [2.75, 3.05) is 6.61 Å². The highest BCUT2D eigenvalue weighted by Crippen LogP contribution is 2.32. The van der Waals surface area contributed by atoms with Crippen molar-refractivity contribution >= 4 is 17.2 Å². The van der Waals surface area contributed by atoms with E-state index in [4.69, 9.17) is 22.7 Å². The molecule has 0 aliphatic heterocycles. The molecule has 0 saturated heterocycles. The van der Waals surface area contributed by atoms with Crippen LogP contribution in [0.15, 0.2) is 18.2 Å². The SMILES string of the molecule is CCCCCCOc1ccc(C(F)(F)F)cc1C(N)=S. The van der Waals surface area contributed by atoms with Crippen LogP contribution in [-0.4, -0.2) is 11.6 Å². The molecule has 112 valence electrons. The summed E-state index contributed by atoms with van der Waals surface area (Å²) in [4.78, 5) is -0.0975. The van der Waals surface area contributed by atoms with E-state index in [9.17, 15) is 13.2 Å². The zero-order valence-electron chi connectivity index (χ0n) is 11.3. The van der Waals surface area contributed by atoms with Gasteiger partial charge in [-0.15, -0.1) is 0 Å². The van der Waals surface area contributed by atoms with Gasteiger partial charge in [0.05, 0.1) is 17.7 Å². The van der Waals surface area contributed by atoms with E-state index in [1.165, 1.54) is 6.07 Å². The largest absolute Gasteiger partial charge is 0.493 e. The first-order chi connectivity index (χ1) is 9.36. The Labute approximate surface area is 122 Å². The van der Waals surface area contributed by atoms with Crippen LogP contribution in [0.1, 0.15) is 43.7 Å². The molecule has 6 heteroatoms. The Bertz CT molecular complexity index is 460. The summed E-state index contributed by atoms with van der Waals surface area (Å²) in [5.74, 6) is 0.307. The van der Waals surface area contributed by atoms with Crippen molar-refractivity contribution in [3.05, 3.63) is 29.3 Å². The highest BCUT2D eigenvalue weighted by Gasteiger charge is 2.31. The number of alkyl halides is 3. The molecular weight excluding hydrogens is 287 g/mol.